The molecule has 4 rings (SSSR count). The van der Waals surface area contributed by atoms with Gasteiger partial charge < -0.3 is 0 Å². The SMILES string of the molecule is Brc1cccnc1.Brc1cccnc1.CSN1CCN(SC)C1CCl.[Cl][Ru]=[CH]c1ccccc1. The van der Waals surface area contributed by atoms with Gasteiger partial charge in [0.25, 0.3) is 0 Å². The first-order valence-electron chi connectivity index (χ1n) is 9.94. The van der Waals surface area contributed by atoms with Crippen LogP contribution in [0.3, 0.4) is 0 Å². The molecule has 0 N–H and O–H groups in total. The van der Waals surface area contributed by atoms with Crippen LogP contribution in [-0.2, 0) is 15.7 Å². The third-order valence-electron chi connectivity index (χ3n) is 4.02. The quantitative estimate of drug-likeness (QED) is 0.156. The van der Waals surface area contributed by atoms with Crippen molar-refractivity contribution in [2.45, 2.75) is 6.17 Å². The van der Waals surface area contributed by atoms with Gasteiger partial charge in [0, 0.05) is 46.8 Å². The normalized spacial score (nSPS) is 14.1. The van der Waals surface area contributed by atoms with E-state index in [0.29, 0.717) is 12.0 Å². The van der Waals surface area contributed by atoms with Gasteiger partial charge in [-0.25, -0.2) is 8.61 Å². The van der Waals surface area contributed by atoms with Gasteiger partial charge in [0.05, 0.1) is 12.0 Å². The minimum absolute atomic E-state index is 0.0765. The van der Waals surface area contributed by atoms with Gasteiger partial charge >= 0.3 is 65.9 Å². The van der Waals surface area contributed by atoms with Crippen molar-refractivity contribution in [2.24, 2.45) is 0 Å². The number of halogens is 4. The number of aromatic nitrogens is 2. The number of benzene rings is 1. The van der Waals surface area contributed by atoms with Gasteiger partial charge in [-0.15, -0.1) is 11.6 Å². The standard InChI is InChI=1S/C7H6.C6H13ClN2S2.2C5H4BrN.ClH.Ru/c1-7-5-3-2-4-6-7;1-10-8-3-4-9(11-2)6(8)5-7;2*6-5-2-1-3-7-4-5;;/h1-6H;6H,3-5H2,1-2H3;2*1-4H;1H;/q;;;;;+1/p-1. The van der Waals surface area contributed by atoms with E-state index in [9.17, 15) is 0 Å². The Labute approximate surface area is 245 Å². The van der Waals surface area contributed by atoms with Gasteiger partial charge in [0.1, 0.15) is 0 Å². The molecule has 1 aromatic carbocycles. The van der Waals surface area contributed by atoms with E-state index in [1.165, 1.54) is 5.56 Å². The van der Waals surface area contributed by atoms with Crippen LogP contribution < -0.4 is 0 Å². The van der Waals surface area contributed by atoms with Gasteiger partial charge in [0.2, 0.25) is 0 Å². The Balaban J connectivity index is 0.000000231. The summed E-state index contributed by atoms with van der Waals surface area (Å²) in [4.78, 5) is 7.67. The Morgan fingerprint density at radius 3 is 1.71 bits per heavy atom. The number of rotatable bonds is 4. The Kier molecular flexibility index (Phi) is 20.2. The van der Waals surface area contributed by atoms with Crippen LogP contribution in [0.4, 0.5) is 0 Å². The summed E-state index contributed by atoms with van der Waals surface area (Å²) in [5.41, 5.74) is 1.23. The van der Waals surface area contributed by atoms with Gasteiger partial charge in [-0.1, -0.05) is 23.9 Å². The molecule has 1 aliphatic rings. The topological polar surface area (TPSA) is 32.3 Å². The fourth-order valence-corrected chi connectivity index (χ4v) is 6.04. The van der Waals surface area contributed by atoms with E-state index in [1.807, 2.05) is 42.5 Å². The molecule has 3 aromatic rings. The molecule has 0 bridgehead atoms. The molecule has 187 valence electrons. The van der Waals surface area contributed by atoms with Crippen LogP contribution >= 0.6 is 77.0 Å². The van der Waals surface area contributed by atoms with Crippen molar-refractivity contribution in [1.82, 2.24) is 18.6 Å². The zero-order valence-corrected chi connectivity index (χ0v) is 26.8. The van der Waals surface area contributed by atoms with E-state index in [-0.39, 0.29) is 15.7 Å². The van der Waals surface area contributed by atoms with Crippen LogP contribution in [0.1, 0.15) is 5.56 Å². The van der Waals surface area contributed by atoms with Crippen LogP contribution in [0.2, 0.25) is 0 Å². The number of pyridine rings is 2. The third-order valence-corrected chi connectivity index (χ3v) is 8.25. The molecule has 4 nitrogen and oxygen atoms in total. The maximum atomic E-state index is 5.84. The van der Waals surface area contributed by atoms with Crippen molar-refractivity contribution in [3.8, 4) is 0 Å². The second kappa shape index (κ2) is 21.3. The number of alkyl halides is 1. The van der Waals surface area contributed by atoms with Crippen molar-refractivity contribution < 1.29 is 15.7 Å². The molecule has 3 heterocycles. The van der Waals surface area contributed by atoms with E-state index in [2.05, 4.69) is 79.7 Å². The van der Waals surface area contributed by atoms with Crippen LogP contribution in [-0.4, -0.2) is 60.8 Å². The van der Waals surface area contributed by atoms with Crippen LogP contribution in [0, 0.1) is 0 Å². The molecule has 0 aliphatic carbocycles. The predicted octanol–water partition coefficient (Wildman–Crippen LogP) is 7.49. The molecule has 0 amide bonds. The fraction of sp³-hybridized carbons (Fsp3) is 0.261. The zero-order valence-electron chi connectivity index (χ0n) is 18.8. The summed E-state index contributed by atoms with van der Waals surface area (Å²) >= 11 is 15.8. The molecule has 1 fully saturated rings. The monoisotopic (exact) mass is 753 g/mol. The van der Waals surface area contributed by atoms with Crippen LogP contribution in [0.15, 0.2) is 88.3 Å². The molecular formula is C23H27Br2Cl2N4RuS2. The summed E-state index contributed by atoms with van der Waals surface area (Å²) < 4.78 is 8.76. The van der Waals surface area contributed by atoms with E-state index < -0.39 is 0 Å². The predicted molar refractivity (Wildman–Crippen MR) is 156 cm³/mol. The number of hydrogen-bond donors (Lipinski definition) is 0. The third kappa shape index (κ3) is 14.7. The molecule has 2 aromatic heterocycles. The van der Waals surface area contributed by atoms with E-state index in [4.69, 9.17) is 21.3 Å². The molecule has 1 saturated heterocycles. The zero-order chi connectivity index (χ0) is 25.0. The molecule has 34 heavy (non-hydrogen) atoms. The minimum atomic E-state index is -0.0765. The summed E-state index contributed by atoms with van der Waals surface area (Å²) in [5, 5.41) is 0. The van der Waals surface area contributed by atoms with Crippen molar-refractivity contribution in [3.05, 3.63) is 93.9 Å². The molecule has 0 unspecified atom stereocenters. The molecule has 0 saturated carbocycles. The second-order valence-electron chi connectivity index (χ2n) is 6.21. The Bertz CT molecular complexity index is 854. The Morgan fingerprint density at radius 1 is 0.912 bits per heavy atom. The van der Waals surface area contributed by atoms with Gasteiger partial charge in [-0.05, 0) is 68.6 Å². The number of nitrogens with zero attached hydrogens (tertiary/aromatic N) is 4. The average molecular weight is 755 g/mol. The van der Waals surface area contributed by atoms with Gasteiger partial charge in [-0.2, -0.15) is 0 Å². The summed E-state index contributed by atoms with van der Waals surface area (Å²) in [5.74, 6) is 0.696. The number of hydrogen-bond acceptors (Lipinski definition) is 6. The average Bonchev–Trinajstić information content (AvgIpc) is 3.29. The van der Waals surface area contributed by atoms with Crippen LogP contribution in [0.5, 0.6) is 0 Å². The van der Waals surface area contributed by atoms with Gasteiger partial charge in [-0.3, -0.25) is 9.97 Å². The van der Waals surface area contributed by atoms with Crippen molar-refractivity contribution in [3.63, 3.8) is 0 Å². The first kappa shape index (κ1) is 32.2. The maximum absolute atomic E-state index is 5.84. The summed E-state index contributed by atoms with van der Waals surface area (Å²) in [6, 6.07) is 17.8. The summed E-state index contributed by atoms with van der Waals surface area (Å²) in [6.07, 6.45) is 11.6. The molecule has 0 atom stereocenters. The molecule has 0 spiro atoms. The molecule has 1 aliphatic heterocycles. The van der Waals surface area contributed by atoms with Crippen LogP contribution in [0.25, 0.3) is 0 Å². The van der Waals surface area contributed by atoms with E-state index in [1.54, 1.807) is 48.7 Å². The molecule has 11 heteroatoms. The van der Waals surface area contributed by atoms with Gasteiger partial charge in [0.15, 0.2) is 0 Å². The Morgan fingerprint density at radius 2 is 1.41 bits per heavy atom. The Hall–Kier alpha value is 0.173. The first-order valence-corrected chi connectivity index (χ1v) is 17.7. The summed E-state index contributed by atoms with van der Waals surface area (Å²) in [6.45, 7) is 2.25. The summed E-state index contributed by atoms with van der Waals surface area (Å²) in [7, 11) is 5.57. The second-order valence-corrected chi connectivity index (χ2v) is 11.8. The van der Waals surface area contributed by atoms with Crippen molar-refractivity contribution in [1.29, 1.82) is 0 Å². The molecular weight excluding hydrogens is 728 g/mol. The van der Waals surface area contributed by atoms with Crippen molar-refractivity contribution >= 4 is 81.7 Å². The fourth-order valence-electron chi connectivity index (χ4n) is 2.47. The molecule has 0 radical (unpaired) electrons. The first-order chi connectivity index (χ1) is 16.5. The van der Waals surface area contributed by atoms with E-state index >= 15 is 0 Å². The van der Waals surface area contributed by atoms with E-state index in [0.717, 1.165) is 22.0 Å². The van der Waals surface area contributed by atoms with Crippen molar-refractivity contribution in [2.75, 3.05) is 31.5 Å².